The first-order valence-corrected chi connectivity index (χ1v) is 9.19. The molecule has 0 bridgehead atoms. The summed E-state index contributed by atoms with van der Waals surface area (Å²) in [6, 6.07) is 2.15. The van der Waals surface area contributed by atoms with E-state index in [4.69, 9.17) is 0 Å². The Labute approximate surface area is 163 Å². The molecule has 1 atom stereocenters. The van der Waals surface area contributed by atoms with Crippen molar-refractivity contribution in [2.24, 2.45) is 4.99 Å². The van der Waals surface area contributed by atoms with Gasteiger partial charge in [0.25, 0.3) is 0 Å². The van der Waals surface area contributed by atoms with E-state index in [2.05, 4.69) is 20.6 Å². The number of hydrogen-bond donors (Lipinski definition) is 2. The van der Waals surface area contributed by atoms with E-state index in [-0.39, 0.29) is 12.3 Å². The Kier molecular flexibility index (Phi) is 7.61. The van der Waals surface area contributed by atoms with Crippen LogP contribution < -0.4 is 10.6 Å². The van der Waals surface area contributed by atoms with Gasteiger partial charge in [0.05, 0.1) is 0 Å². The number of guanidine groups is 1. The van der Waals surface area contributed by atoms with Crippen LogP contribution >= 0.6 is 0 Å². The normalized spacial score (nSPS) is 17.4. The number of amides is 1. The van der Waals surface area contributed by atoms with Crippen LogP contribution in [-0.4, -0.2) is 78.6 Å². The third-order valence-corrected chi connectivity index (χ3v) is 4.66. The number of carbonyl (C=O) groups is 1. The van der Waals surface area contributed by atoms with E-state index >= 15 is 0 Å². The monoisotopic (exact) mass is 400 g/mol. The molecule has 1 fully saturated rings. The molecule has 1 aliphatic rings. The number of hydrogen-bond acceptors (Lipinski definition) is 4. The van der Waals surface area contributed by atoms with Crippen molar-refractivity contribution in [1.29, 1.82) is 0 Å². The second kappa shape index (κ2) is 9.72. The average Bonchev–Trinajstić information content (AvgIpc) is 2.66. The molecule has 1 unspecified atom stereocenters. The Balaban J connectivity index is 1.74. The van der Waals surface area contributed by atoms with E-state index in [1.54, 1.807) is 19.3 Å². The van der Waals surface area contributed by atoms with Crippen LogP contribution in [0.4, 0.5) is 19.0 Å². The number of aryl methyl sites for hydroxylation is 1. The minimum absolute atomic E-state index is 0.178. The van der Waals surface area contributed by atoms with E-state index in [0.29, 0.717) is 44.5 Å². The van der Waals surface area contributed by atoms with Gasteiger partial charge in [-0.05, 0) is 25.5 Å². The van der Waals surface area contributed by atoms with Crippen LogP contribution in [-0.2, 0) is 4.79 Å². The molecule has 0 aliphatic carbocycles. The molecule has 0 spiro atoms. The lowest BCUT2D eigenvalue weighted by atomic mass is 10.2. The van der Waals surface area contributed by atoms with Crippen molar-refractivity contribution in [2.45, 2.75) is 32.5 Å². The highest BCUT2D eigenvalue weighted by atomic mass is 19.4. The lowest BCUT2D eigenvalue weighted by Crippen LogP contribution is -2.56. The van der Waals surface area contributed by atoms with Crippen molar-refractivity contribution in [3.8, 4) is 0 Å². The first-order valence-electron chi connectivity index (χ1n) is 9.19. The van der Waals surface area contributed by atoms with Gasteiger partial charge in [-0.25, -0.2) is 4.98 Å². The molecule has 0 radical (unpaired) electrons. The van der Waals surface area contributed by atoms with Gasteiger partial charge in [-0.2, -0.15) is 13.2 Å². The zero-order valence-corrected chi connectivity index (χ0v) is 16.4. The highest BCUT2D eigenvalue weighted by molar-refractivity contribution is 5.90. The molecular weight excluding hydrogens is 373 g/mol. The standard InChI is InChI=1S/C18H27F3N6O/c1-13-4-5-15(24-12-13)25-16(28)6-7-23-17(22-3)27-10-8-26(9-11-27)14(2)18(19,20)21/h4-5,12,14H,6-11H2,1-3H3,(H,22,23)(H,24,25,28). The first kappa shape index (κ1) is 21.9. The molecule has 2 rings (SSSR count). The van der Waals surface area contributed by atoms with Gasteiger partial charge in [0, 0.05) is 52.4 Å². The predicted octanol–water partition coefficient (Wildman–Crippen LogP) is 1.86. The van der Waals surface area contributed by atoms with Crippen molar-refractivity contribution in [3.63, 3.8) is 0 Å². The second-order valence-electron chi connectivity index (χ2n) is 6.73. The van der Waals surface area contributed by atoms with Gasteiger partial charge in [0.1, 0.15) is 11.9 Å². The fraction of sp³-hybridized carbons (Fsp3) is 0.611. The second-order valence-corrected chi connectivity index (χ2v) is 6.73. The molecule has 1 aromatic heterocycles. The van der Waals surface area contributed by atoms with E-state index in [0.717, 1.165) is 5.56 Å². The summed E-state index contributed by atoms with van der Waals surface area (Å²) in [5.41, 5.74) is 1.01. The summed E-state index contributed by atoms with van der Waals surface area (Å²) in [5.74, 6) is 0.901. The van der Waals surface area contributed by atoms with Crippen LogP contribution in [0, 0.1) is 6.92 Å². The fourth-order valence-electron chi connectivity index (χ4n) is 2.90. The highest BCUT2D eigenvalue weighted by Crippen LogP contribution is 2.25. The molecule has 156 valence electrons. The molecule has 2 heterocycles. The number of aromatic nitrogens is 1. The average molecular weight is 400 g/mol. The predicted molar refractivity (Wildman–Crippen MR) is 102 cm³/mol. The number of rotatable bonds is 5. The van der Waals surface area contributed by atoms with Crippen molar-refractivity contribution >= 4 is 17.7 Å². The Morgan fingerprint density at radius 1 is 1.29 bits per heavy atom. The Bertz CT molecular complexity index is 669. The number of alkyl halides is 3. The number of piperazine rings is 1. The maximum Gasteiger partial charge on any atom is 0.403 e. The molecule has 1 aliphatic heterocycles. The van der Waals surface area contributed by atoms with Crippen molar-refractivity contribution in [3.05, 3.63) is 23.9 Å². The van der Waals surface area contributed by atoms with E-state index in [9.17, 15) is 18.0 Å². The molecule has 1 aromatic rings. The number of pyridine rings is 1. The maximum absolute atomic E-state index is 12.8. The molecule has 1 saturated heterocycles. The zero-order valence-electron chi connectivity index (χ0n) is 16.4. The number of nitrogens with one attached hydrogen (secondary N) is 2. The topological polar surface area (TPSA) is 72.9 Å². The van der Waals surface area contributed by atoms with E-state index in [1.165, 1.54) is 11.8 Å². The number of carbonyl (C=O) groups excluding carboxylic acids is 1. The highest BCUT2D eigenvalue weighted by Gasteiger charge is 2.41. The van der Waals surface area contributed by atoms with Crippen molar-refractivity contribution in [2.75, 3.05) is 45.1 Å². The lowest BCUT2D eigenvalue weighted by molar-refractivity contribution is -0.181. The van der Waals surface area contributed by atoms with Gasteiger partial charge in [-0.3, -0.25) is 14.7 Å². The van der Waals surface area contributed by atoms with Gasteiger partial charge in [-0.1, -0.05) is 6.07 Å². The molecule has 10 heteroatoms. The summed E-state index contributed by atoms with van der Waals surface area (Å²) in [7, 11) is 1.61. The summed E-state index contributed by atoms with van der Waals surface area (Å²) in [6.45, 7) is 4.96. The first-order chi connectivity index (χ1) is 13.2. The van der Waals surface area contributed by atoms with Crippen molar-refractivity contribution in [1.82, 2.24) is 20.1 Å². The van der Waals surface area contributed by atoms with Crippen LogP contribution in [0.3, 0.4) is 0 Å². The SMILES string of the molecule is CN=C(NCCC(=O)Nc1ccc(C)cn1)N1CCN(C(C)C(F)(F)F)CC1. The quantitative estimate of drug-likeness (QED) is 0.583. The molecular formula is C18H27F3N6O. The summed E-state index contributed by atoms with van der Waals surface area (Å²) in [4.78, 5) is 23.6. The van der Waals surface area contributed by atoms with E-state index in [1.807, 2.05) is 17.9 Å². The number of halogens is 3. The largest absolute Gasteiger partial charge is 0.403 e. The molecule has 1 amide bonds. The van der Waals surface area contributed by atoms with Gasteiger partial charge < -0.3 is 15.5 Å². The Hall–Kier alpha value is -2.36. The number of nitrogens with zero attached hydrogens (tertiary/aromatic N) is 4. The molecule has 28 heavy (non-hydrogen) atoms. The van der Waals surface area contributed by atoms with Crippen LogP contribution in [0.2, 0.25) is 0 Å². The molecule has 0 aromatic carbocycles. The zero-order chi connectivity index (χ0) is 20.7. The van der Waals surface area contributed by atoms with Gasteiger partial charge in [0.15, 0.2) is 5.96 Å². The van der Waals surface area contributed by atoms with Crippen LogP contribution in [0.15, 0.2) is 23.3 Å². The van der Waals surface area contributed by atoms with Crippen LogP contribution in [0.25, 0.3) is 0 Å². The summed E-state index contributed by atoms with van der Waals surface area (Å²) in [5, 5.41) is 5.81. The van der Waals surface area contributed by atoms with E-state index < -0.39 is 12.2 Å². The van der Waals surface area contributed by atoms with Crippen LogP contribution in [0.1, 0.15) is 18.9 Å². The van der Waals surface area contributed by atoms with Gasteiger partial charge >= 0.3 is 6.18 Å². The Morgan fingerprint density at radius 3 is 2.50 bits per heavy atom. The molecule has 0 saturated carbocycles. The van der Waals surface area contributed by atoms with Gasteiger partial charge in [0.2, 0.25) is 5.91 Å². The minimum atomic E-state index is -4.22. The number of aliphatic imine (C=N–C) groups is 1. The molecule has 2 N–H and O–H groups in total. The van der Waals surface area contributed by atoms with Crippen molar-refractivity contribution < 1.29 is 18.0 Å². The van der Waals surface area contributed by atoms with Gasteiger partial charge in [-0.15, -0.1) is 0 Å². The van der Waals surface area contributed by atoms with Crippen LogP contribution in [0.5, 0.6) is 0 Å². The summed E-state index contributed by atoms with van der Waals surface area (Å²) in [6.07, 6.45) is -2.32. The Morgan fingerprint density at radius 2 is 1.96 bits per heavy atom. The smallest absolute Gasteiger partial charge is 0.356 e. The lowest BCUT2D eigenvalue weighted by Gasteiger charge is -2.39. The third kappa shape index (κ3) is 6.36. The third-order valence-electron chi connectivity index (χ3n) is 4.66. The summed E-state index contributed by atoms with van der Waals surface area (Å²) >= 11 is 0. The summed E-state index contributed by atoms with van der Waals surface area (Å²) < 4.78 is 38.5. The number of anilines is 1. The minimum Gasteiger partial charge on any atom is -0.356 e. The molecule has 7 nitrogen and oxygen atoms in total. The fourth-order valence-corrected chi connectivity index (χ4v) is 2.90. The maximum atomic E-state index is 12.8.